The van der Waals surface area contributed by atoms with Crippen LogP contribution in [0.25, 0.3) is 11.0 Å². The van der Waals surface area contributed by atoms with Gasteiger partial charge < -0.3 is 19.1 Å². The van der Waals surface area contributed by atoms with E-state index in [1.807, 2.05) is 6.20 Å². The van der Waals surface area contributed by atoms with E-state index in [2.05, 4.69) is 26.6 Å². The first-order valence-electron chi connectivity index (χ1n) is 13.0. The Morgan fingerprint density at radius 3 is 2.73 bits per heavy atom. The molecule has 0 aliphatic carbocycles. The van der Waals surface area contributed by atoms with Gasteiger partial charge in [-0.2, -0.15) is 13.5 Å². The van der Waals surface area contributed by atoms with Crippen LogP contribution in [0.2, 0.25) is 10.0 Å². The molecule has 0 bridgehead atoms. The zero-order valence-electron chi connectivity index (χ0n) is 21.7. The van der Waals surface area contributed by atoms with Crippen molar-refractivity contribution in [2.45, 2.75) is 44.6 Å². The summed E-state index contributed by atoms with van der Waals surface area (Å²) >= 11 is 12.2. The first-order valence-corrected chi connectivity index (χ1v) is 13.8. The molecule has 2 atom stereocenters. The normalized spacial score (nSPS) is 18.9. The quantitative estimate of drug-likeness (QED) is 0.255. The third-order valence-electron chi connectivity index (χ3n) is 7.47. The highest BCUT2D eigenvalue weighted by molar-refractivity contribution is 7.59. The minimum atomic E-state index is -0.938. The van der Waals surface area contributed by atoms with E-state index < -0.39 is 5.97 Å². The first-order chi connectivity index (χ1) is 18.9. The fourth-order valence-electron chi connectivity index (χ4n) is 5.28. The van der Waals surface area contributed by atoms with Gasteiger partial charge in [0.05, 0.1) is 46.5 Å². The van der Waals surface area contributed by atoms with E-state index in [1.54, 1.807) is 36.4 Å². The number of carbonyl (C=O) groups is 1. The highest BCUT2D eigenvalue weighted by Crippen LogP contribution is 2.31. The van der Waals surface area contributed by atoms with Gasteiger partial charge in [-0.05, 0) is 79.4 Å². The Morgan fingerprint density at radius 2 is 1.98 bits per heavy atom. The van der Waals surface area contributed by atoms with Crippen LogP contribution in [0.4, 0.5) is 0 Å². The molecule has 0 saturated carbocycles. The fourth-order valence-corrected chi connectivity index (χ4v) is 5.75. The molecule has 2 aromatic carbocycles. The van der Waals surface area contributed by atoms with Crippen molar-refractivity contribution >= 4 is 53.7 Å². The molecule has 1 unspecified atom stereocenters. The molecule has 8 nitrogen and oxygen atoms in total. The highest BCUT2D eigenvalue weighted by Gasteiger charge is 2.27. The van der Waals surface area contributed by atoms with E-state index in [0.717, 1.165) is 55.1 Å². The molecule has 4 heterocycles. The van der Waals surface area contributed by atoms with Crippen LogP contribution in [0, 0.1) is 0 Å². The van der Waals surface area contributed by atoms with Crippen LogP contribution < -0.4 is 4.74 Å². The lowest BCUT2D eigenvalue weighted by Crippen LogP contribution is -2.32. The molecule has 0 radical (unpaired) electrons. The van der Waals surface area contributed by atoms with Crippen molar-refractivity contribution in [3.8, 4) is 5.75 Å². The second kappa shape index (κ2) is 12.4. The molecule has 2 aliphatic heterocycles. The van der Waals surface area contributed by atoms with E-state index in [4.69, 9.17) is 37.7 Å². The van der Waals surface area contributed by atoms with Gasteiger partial charge in [-0.25, -0.2) is 9.78 Å². The topological polar surface area (TPSA) is 89.7 Å². The number of likely N-dealkylation sites (tertiary alicyclic amines) is 1. The van der Waals surface area contributed by atoms with Crippen molar-refractivity contribution < 1.29 is 19.4 Å². The number of benzene rings is 2. The zero-order valence-corrected chi connectivity index (χ0v) is 24.2. The van der Waals surface area contributed by atoms with Gasteiger partial charge in [-0.15, -0.1) is 0 Å². The summed E-state index contributed by atoms with van der Waals surface area (Å²) in [7, 11) is 0. The maximum absolute atomic E-state index is 11.6. The number of nitrogens with zero attached hydrogens (tertiary/aromatic N) is 4. The van der Waals surface area contributed by atoms with Gasteiger partial charge in [0.15, 0.2) is 0 Å². The molecule has 1 N–H and O–H groups in total. The molecule has 0 spiro atoms. The van der Waals surface area contributed by atoms with Crippen molar-refractivity contribution in [1.82, 2.24) is 19.4 Å². The predicted octanol–water partition coefficient (Wildman–Crippen LogP) is 5.91. The molecule has 2 fully saturated rings. The Balaban J connectivity index is 0.00000323. The molecule has 0 amide bonds. The summed E-state index contributed by atoms with van der Waals surface area (Å²) in [6.07, 6.45) is 4.00. The third kappa shape index (κ3) is 6.24. The molecule has 40 heavy (non-hydrogen) atoms. The lowest BCUT2D eigenvalue weighted by molar-refractivity contribution is -0.0591. The molecule has 2 aromatic heterocycles. The Morgan fingerprint density at radius 1 is 1.12 bits per heavy atom. The zero-order chi connectivity index (χ0) is 26.9. The SMILES string of the molecule is O=C(O)c1ccc2nc(CN3CCC(c4ccnc(COc5ccc(Cl)cc5Cl)c4)C3)n(C[C@@H]3CCO3)c2c1.S. The van der Waals surface area contributed by atoms with Gasteiger partial charge in [0.2, 0.25) is 0 Å². The van der Waals surface area contributed by atoms with E-state index in [1.165, 1.54) is 5.56 Å². The van der Waals surface area contributed by atoms with Gasteiger partial charge in [-0.1, -0.05) is 23.2 Å². The van der Waals surface area contributed by atoms with Crippen molar-refractivity contribution in [3.63, 3.8) is 0 Å². The lowest BCUT2D eigenvalue weighted by Gasteiger charge is -2.28. The molecule has 210 valence electrons. The van der Waals surface area contributed by atoms with Crippen molar-refractivity contribution in [1.29, 1.82) is 0 Å². The summed E-state index contributed by atoms with van der Waals surface area (Å²) < 4.78 is 13.7. The Labute approximate surface area is 249 Å². The number of hydrogen-bond donors (Lipinski definition) is 1. The second-order valence-corrected chi connectivity index (χ2v) is 10.9. The van der Waals surface area contributed by atoms with E-state index in [-0.39, 0.29) is 25.2 Å². The van der Waals surface area contributed by atoms with Crippen LogP contribution in [0.15, 0.2) is 54.7 Å². The van der Waals surface area contributed by atoms with E-state index in [9.17, 15) is 9.90 Å². The Kier molecular flexibility index (Phi) is 8.87. The molecule has 4 aromatic rings. The smallest absolute Gasteiger partial charge is 0.335 e. The first kappa shape index (κ1) is 28.7. The minimum absolute atomic E-state index is 0. The summed E-state index contributed by atoms with van der Waals surface area (Å²) in [5, 5.41) is 10.5. The van der Waals surface area contributed by atoms with Crippen molar-refractivity contribution in [2.24, 2.45) is 0 Å². The number of pyridine rings is 1. The number of carboxylic acid groups (broad SMARTS) is 1. The molecule has 2 aliphatic rings. The van der Waals surface area contributed by atoms with Crippen LogP contribution in [0.3, 0.4) is 0 Å². The monoisotopic (exact) mass is 600 g/mol. The standard InChI is InChI=1S/C29H28Cl2N4O4.H2S/c30-21-2-4-27(24(31)13-21)39-17-22-11-18(5-8-32-22)20-6-9-34(14-20)16-28-33-25-3-1-19(29(36)37)12-26(25)35(28)15-23-7-10-38-23;/h1-5,8,11-13,20,23H,6-7,9-10,14-17H2,(H,36,37);1H2/t20?,23-;/m0./s1. The summed E-state index contributed by atoms with van der Waals surface area (Å²) in [6, 6.07) is 14.5. The lowest BCUT2D eigenvalue weighted by atomic mass is 9.99. The molecule has 2 saturated heterocycles. The highest BCUT2D eigenvalue weighted by atomic mass is 35.5. The van der Waals surface area contributed by atoms with E-state index in [0.29, 0.717) is 41.4 Å². The maximum atomic E-state index is 11.6. The number of ether oxygens (including phenoxy) is 2. The van der Waals surface area contributed by atoms with Gasteiger partial charge in [-0.3, -0.25) is 9.88 Å². The number of imidazole rings is 1. The third-order valence-corrected chi connectivity index (χ3v) is 8.00. The predicted molar refractivity (Wildman–Crippen MR) is 159 cm³/mol. The van der Waals surface area contributed by atoms with Crippen molar-refractivity contribution in [2.75, 3.05) is 19.7 Å². The minimum Gasteiger partial charge on any atom is -0.486 e. The number of aromatic nitrogens is 3. The summed E-state index contributed by atoms with van der Waals surface area (Å²) in [5.74, 6) is 0.947. The largest absolute Gasteiger partial charge is 0.486 e. The number of fused-ring (bicyclic) bond motifs is 1. The number of aromatic carboxylic acids is 1. The average Bonchev–Trinajstić information content (AvgIpc) is 3.50. The van der Waals surface area contributed by atoms with Gasteiger partial charge >= 0.3 is 5.97 Å². The number of carboxylic acids is 1. The van der Waals surface area contributed by atoms with Crippen LogP contribution >= 0.6 is 36.7 Å². The van der Waals surface area contributed by atoms with Crippen LogP contribution in [0.5, 0.6) is 5.75 Å². The molecule has 11 heteroatoms. The number of rotatable bonds is 9. The molecular weight excluding hydrogens is 571 g/mol. The summed E-state index contributed by atoms with van der Waals surface area (Å²) in [6.45, 7) is 4.30. The fraction of sp³-hybridized carbons (Fsp3) is 0.345. The molecular formula is C29H30Cl2N4O4S. The van der Waals surface area contributed by atoms with Crippen LogP contribution in [0.1, 0.15) is 46.2 Å². The summed E-state index contributed by atoms with van der Waals surface area (Å²) in [5.41, 5.74) is 3.99. The maximum Gasteiger partial charge on any atom is 0.335 e. The van der Waals surface area contributed by atoms with Crippen molar-refractivity contribution in [3.05, 3.63) is 87.4 Å². The number of halogens is 2. The Hall–Kier alpha value is -2.82. The van der Waals surface area contributed by atoms with Gasteiger partial charge in [0, 0.05) is 24.4 Å². The van der Waals surface area contributed by atoms with E-state index >= 15 is 0 Å². The Bertz CT molecular complexity index is 1530. The molecule has 6 rings (SSSR count). The van der Waals surface area contributed by atoms with Crippen LogP contribution in [-0.4, -0.2) is 56.3 Å². The summed E-state index contributed by atoms with van der Waals surface area (Å²) in [4.78, 5) is 23.4. The van der Waals surface area contributed by atoms with Gasteiger partial charge in [0.1, 0.15) is 18.2 Å². The van der Waals surface area contributed by atoms with Crippen LogP contribution in [-0.2, 0) is 24.4 Å². The number of hydrogen-bond acceptors (Lipinski definition) is 6. The van der Waals surface area contributed by atoms with Gasteiger partial charge in [0.25, 0.3) is 0 Å². The average molecular weight is 602 g/mol. The second-order valence-electron chi connectivity index (χ2n) is 10.1.